The number of aromatic nitrogens is 2. The molecule has 1 aromatic heterocycles. The number of ether oxygens (including phenoxy) is 1. The van der Waals surface area contributed by atoms with Crippen molar-refractivity contribution in [1.82, 2.24) is 14.9 Å². The average molecular weight is 301 g/mol. The number of imidazole rings is 1. The third-order valence-corrected chi connectivity index (χ3v) is 5.04. The van der Waals surface area contributed by atoms with Gasteiger partial charge in [0.1, 0.15) is 17.5 Å². The van der Waals surface area contributed by atoms with Crippen molar-refractivity contribution in [3.63, 3.8) is 0 Å². The van der Waals surface area contributed by atoms with E-state index in [1.807, 2.05) is 19.9 Å². The van der Waals surface area contributed by atoms with Crippen LogP contribution in [0.2, 0.25) is 0 Å². The molecule has 22 heavy (non-hydrogen) atoms. The van der Waals surface area contributed by atoms with Gasteiger partial charge in [0.05, 0.1) is 23.4 Å². The third kappa shape index (κ3) is 2.11. The molecule has 0 spiro atoms. The normalized spacial score (nSPS) is 28.3. The van der Waals surface area contributed by atoms with E-state index in [0.717, 1.165) is 35.4 Å². The van der Waals surface area contributed by atoms with Crippen LogP contribution in [0.1, 0.15) is 44.7 Å². The molecule has 0 unspecified atom stereocenters. The Kier molecular flexibility index (Phi) is 3.16. The van der Waals surface area contributed by atoms with E-state index in [9.17, 15) is 5.11 Å². The van der Waals surface area contributed by atoms with E-state index in [2.05, 4.69) is 20.9 Å². The number of aromatic amines is 1. The summed E-state index contributed by atoms with van der Waals surface area (Å²) in [5.74, 6) is 0.852. The number of piperidine rings is 1. The van der Waals surface area contributed by atoms with Crippen LogP contribution in [0.15, 0.2) is 18.5 Å². The number of aliphatic hydroxyl groups is 1. The predicted molar refractivity (Wildman–Crippen MR) is 85.0 cm³/mol. The van der Waals surface area contributed by atoms with Gasteiger partial charge in [0, 0.05) is 11.6 Å². The minimum atomic E-state index is -0.598. The first-order valence-electron chi connectivity index (χ1n) is 8.14. The van der Waals surface area contributed by atoms with E-state index in [0.29, 0.717) is 0 Å². The first-order valence-corrected chi connectivity index (χ1v) is 8.14. The molecule has 0 radical (unpaired) electrons. The number of nitrogens with zero attached hydrogens (tertiary/aromatic N) is 2. The zero-order valence-corrected chi connectivity index (χ0v) is 13.2. The van der Waals surface area contributed by atoms with Crippen molar-refractivity contribution in [1.29, 1.82) is 0 Å². The quantitative estimate of drug-likeness (QED) is 0.850. The zero-order valence-electron chi connectivity index (χ0n) is 13.2. The van der Waals surface area contributed by atoms with Gasteiger partial charge in [-0.15, -0.1) is 0 Å². The second-order valence-electron chi connectivity index (χ2n) is 7.00. The van der Waals surface area contributed by atoms with E-state index in [4.69, 9.17) is 4.74 Å². The molecule has 0 saturated carbocycles. The molecule has 2 N–H and O–H groups in total. The molecular formula is C17H23N3O2. The lowest BCUT2D eigenvalue weighted by atomic mass is 9.84. The maximum atomic E-state index is 10.9. The van der Waals surface area contributed by atoms with E-state index in [-0.39, 0.29) is 6.04 Å². The number of nitrogens with one attached hydrogen (secondary N) is 1. The van der Waals surface area contributed by atoms with Gasteiger partial charge in [0.15, 0.2) is 0 Å². The van der Waals surface area contributed by atoms with E-state index >= 15 is 0 Å². The van der Waals surface area contributed by atoms with Crippen molar-refractivity contribution in [3.05, 3.63) is 24.0 Å². The van der Waals surface area contributed by atoms with Gasteiger partial charge in [-0.25, -0.2) is 4.98 Å². The Bertz CT molecular complexity index is 688. The Morgan fingerprint density at radius 3 is 2.82 bits per heavy atom. The van der Waals surface area contributed by atoms with Crippen LogP contribution in [-0.4, -0.2) is 44.8 Å². The number of benzene rings is 1. The number of rotatable bonds is 1. The van der Waals surface area contributed by atoms with Gasteiger partial charge in [-0.2, -0.15) is 0 Å². The molecule has 0 aliphatic carbocycles. The van der Waals surface area contributed by atoms with Gasteiger partial charge in [0.25, 0.3) is 0 Å². The van der Waals surface area contributed by atoms with Crippen LogP contribution in [0, 0.1) is 0 Å². The smallest absolute Gasteiger partial charge is 0.131 e. The molecule has 1 aromatic carbocycles. The first-order chi connectivity index (χ1) is 10.6. The number of likely N-dealkylation sites (tertiary alicyclic amines) is 1. The maximum absolute atomic E-state index is 10.9. The van der Waals surface area contributed by atoms with Crippen LogP contribution >= 0.6 is 0 Å². The number of H-pyrrole nitrogens is 1. The lowest BCUT2D eigenvalue weighted by Crippen LogP contribution is -2.54. The van der Waals surface area contributed by atoms with Gasteiger partial charge in [-0.1, -0.05) is 6.42 Å². The number of aliphatic hydroxyl groups excluding tert-OH is 1. The molecule has 0 bridgehead atoms. The molecule has 3 heterocycles. The number of hydrogen-bond donors (Lipinski definition) is 2. The molecule has 1 saturated heterocycles. The van der Waals surface area contributed by atoms with Gasteiger partial charge < -0.3 is 14.8 Å². The Balaban J connectivity index is 1.84. The van der Waals surface area contributed by atoms with Gasteiger partial charge in [-0.3, -0.25) is 4.90 Å². The topological polar surface area (TPSA) is 61.4 Å². The highest BCUT2D eigenvalue weighted by molar-refractivity contribution is 5.78. The Morgan fingerprint density at radius 1 is 1.27 bits per heavy atom. The predicted octanol–water partition coefficient (Wildman–Crippen LogP) is 2.62. The molecule has 5 nitrogen and oxygen atoms in total. The third-order valence-electron chi connectivity index (χ3n) is 5.04. The van der Waals surface area contributed by atoms with Crippen molar-refractivity contribution < 1.29 is 9.84 Å². The lowest BCUT2D eigenvalue weighted by molar-refractivity contribution is -0.0960. The minimum Gasteiger partial charge on any atom is -0.485 e. The van der Waals surface area contributed by atoms with Crippen LogP contribution in [0.25, 0.3) is 11.0 Å². The second-order valence-corrected chi connectivity index (χ2v) is 7.00. The monoisotopic (exact) mass is 301 g/mol. The van der Waals surface area contributed by atoms with Crippen LogP contribution in [0.3, 0.4) is 0 Å². The van der Waals surface area contributed by atoms with Crippen LogP contribution in [-0.2, 0) is 0 Å². The fraction of sp³-hybridized carbons (Fsp3) is 0.588. The SMILES string of the molecule is CC1(C)Oc2cc3nc[nH]c3cc2[C@@H](N2CCCCC2)[C@@H]1O. The fourth-order valence-electron chi connectivity index (χ4n) is 3.79. The van der Waals surface area contributed by atoms with Crippen molar-refractivity contribution >= 4 is 11.0 Å². The van der Waals surface area contributed by atoms with Gasteiger partial charge in [-0.05, 0) is 45.8 Å². The van der Waals surface area contributed by atoms with Crippen LogP contribution in [0.4, 0.5) is 0 Å². The van der Waals surface area contributed by atoms with Crippen molar-refractivity contribution in [3.8, 4) is 5.75 Å². The zero-order chi connectivity index (χ0) is 15.3. The maximum Gasteiger partial charge on any atom is 0.131 e. The largest absolute Gasteiger partial charge is 0.485 e. The van der Waals surface area contributed by atoms with Gasteiger partial charge in [0.2, 0.25) is 0 Å². The van der Waals surface area contributed by atoms with Crippen LogP contribution < -0.4 is 4.74 Å². The summed E-state index contributed by atoms with van der Waals surface area (Å²) >= 11 is 0. The molecule has 1 fully saturated rings. The lowest BCUT2D eigenvalue weighted by Gasteiger charge is -2.47. The van der Waals surface area contributed by atoms with E-state index in [1.165, 1.54) is 19.3 Å². The summed E-state index contributed by atoms with van der Waals surface area (Å²) in [5.41, 5.74) is 2.38. The number of hydrogen-bond acceptors (Lipinski definition) is 4. The molecule has 2 aliphatic rings. The molecule has 4 rings (SSSR count). The Labute approximate surface area is 130 Å². The van der Waals surface area contributed by atoms with Crippen molar-refractivity contribution in [2.45, 2.75) is 50.9 Å². The van der Waals surface area contributed by atoms with Crippen molar-refractivity contribution in [2.75, 3.05) is 13.1 Å². The summed E-state index contributed by atoms with van der Waals surface area (Å²) in [6.45, 7) is 6.01. The molecule has 0 amide bonds. The highest BCUT2D eigenvalue weighted by Crippen LogP contribution is 2.44. The summed E-state index contributed by atoms with van der Waals surface area (Å²) in [4.78, 5) is 9.90. The second kappa shape index (κ2) is 4.96. The standard InChI is InChI=1S/C17H23N3O2/c1-17(2)16(21)15(20-6-4-3-5-7-20)11-8-12-13(19-10-18-12)9-14(11)22-17/h8-10,15-16,21H,3-7H2,1-2H3,(H,18,19)/t15-,16+/m1/s1. The molecule has 2 atom stereocenters. The summed E-state index contributed by atoms with van der Waals surface area (Å²) in [6.07, 6.45) is 4.84. The van der Waals surface area contributed by atoms with Gasteiger partial charge >= 0.3 is 0 Å². The summed E-state index contributed by atoms with van der Waals surface area (Å²) < 4.78 is 6.10. The molecule has 2 aliphatic heterocycles. The number of fused-ring (bicyclic) bond motifs is 2. The summed E-state index contributed by atoms with van der Waals surface area (Å²) in [5, 5.41) is 10.9. The van der Waals surface area contributed by atoms with Crippen LogP contribution in [0.5, 0.6) is 5.75 Å². The highest BCUT2D eigenvalue weighted by Gasteiger charge is 2.45. The fourth-order valence-corrected chi connectivity index (χ4v) is 3.79. The Morgan fingerprint density at radius 2 is 2.05 bits per heavy atom. The van der Waals surface area contributed by atoms with E-state index < -0.39 is 11.7 Å². The minimum absolute atomic E-state index is 0.00764. The first kappa shape index (κ1) is 14.0. The molecule has 2 aromatic rings. The molecular weight excluding hydrogens is 278 g/mol. The average Bonchev–Trinajstić information content (AvgIpc) is 2.94. The highest BCUT2D eigenvalue weighted by atomic mass is 16.5. The summed E-state index contributed by atoms with van der Waals surface area (Å²) in [6, 6.07) is 4.08. The molecule has 5 heteroatoms. The summed E-state index contributed by atoms with van der Waals surface area (Å²) in [7, 11) is 0. The molecule has 118 valence electrons. The Hall–Kier alpha value is -1.59. The van der Waals surface area contributed by atoms with E-state index in [1.54, 1.807) is 6.33 Å². The van der Waals surface area contributed by atoms with Crippen molar-refractivity contribution in [2.24, 2.45) is 0 Å².